The van der Waals surface area contributed by atoms with Crippen LogP contribution < -0.4 is 4.90 Å². The van der Waals surface area contributed by atoms with Crippen LogP contribution in [0.4, 0.5) is 10.1 Å². The van der Waals surface area contributed by atoms with Gasteiger partial charge in [-0.3, -0.25) is 0 Å². The fourth-order valence-electron chi connectivity index (χ4n) is 2.83. The molecule has 2 unspecified atom stereocenters. The van der Waals surface area contributed by atoms with Crippen LogP contribution in [0.15, 0.2) is 18.2 Å². The lowest BCUT2D eigenvalue weighted by molar-refractivity contribution is 0.198. The topological polar surface area (TPSA) is 43.7 Å². The zero-order valence-corrected chi connectivity index (χ0v) is 11.3. The molecule has 0 bridgehead atoms. The number of aliphatic hydroxyl groups excluding tert-OH is 2. The molecule has 1 aliphatic heterocycles. The lowest BCUT2D eigenvalue weighted by Gasteiger charge is -2.33. The van der Waals surface area contributed by atoms with Gasteiger partial charge in [-0.1, -0.05) is 25.0 Å². The lowest BCUT2D eigenvalue weighted by atomic mass is 10.0. The third-order valence-corrected chi connectivity index (χ3v) is 3.84. The van der Waals surface area contributed by atoms with Crippen LogP contribution in [0.25, 0.3) is 0 Å². The second-order valence-electron chi connectivity index (χ2n) is 5.23. The first kappa shape index (κ1) is 14.3. The van der Waals surface area contributed by atoms with Crippen molar-refractivity contribution in [3.8, 4) is 0 Å². The summed E-state index contributed by atoms with van der Waals surface area (Å²) >= 11 is 0. The molecule has 2 rings (SSSR count). The van der Waals surface area contributed by atoms with Crippen molar-refractivity contribution >= 4 is 5.69 Å². The van der Waals surface area contributed by atoms with E-state index in [1.54, 1.807) is 19.1 Å². The summed E-state index contributed by atoms with van der Waals surface area (Å²) in [7, 11) is 0. The van der Waals surface area contributed by atoms with Crippen molar-refractivity contribution < 1.29 is 14.6 Å². The van der Waals surface area contributed by atoms with Crippen LogP contribution in [0.5, 0.6) is 0 Å². The first-order valence-corrected chi connectivity index (χ1v) is 6.99. The summed E-state index contributed by atoms with van der Waals surface area (Å²) in [6.07, 6.45) is 3.30. The van der Waals surface area contributed by atoms with Gasteiger partial charge in [0.1, 0.15) is 5.82 Å². The van der Waals surface area contributed by atoms with E-state index in [0.29, 0.717) is 11.3 Å². The summed E-state index contributed by atoms with van der Waals surface area (Å²) in [5, 5.41) is 19.4. The monoisotopic (exact) mass is 267 g/mol. The maximum absolute atomic E-state index is 14.2. The van der Waals surface area contributed by atoms with Crippen LogP contribution in [-0.4, -0.2) is 29.4 Å². The summed E-state index contributed by atoms with van der Waals surface area (Å²) < 4.78 is 14.2. The predicted octanol–water partition coefficient (Wildman–Crippen LogP) is 2.62. The zero-order chi connectivity index (χ0) is 13.8. The van der Waals surface area contributed by atoms with Crippen LogP contribution in [0, 0.1) is 5.82 Å². The predicted molar refractivity (Wildman–Crippen MR) is 73.7 cm³/mol. The fourth-order valence-corrected chi connectivity index (χ4v) is 2.83. The van der Waals surface area contributed by atoms with Crippen molar-refractivity contribution in [3.63, 3.8) is 0 Å². The lowest BCUT2D eigenvalue weighted by Crippen LogP contribution is -2.39. The van der Waals surface area contributed by atoms with Gasteiger partial charge in [-0.15, -0.1) is 0 Å². The molecule has 1 fully saturated rings. The van der Waals surface area contributed by atoms with Crippen molar-refractivity contribution in [2.24, 2.45) is 0 Å². The molecule has 0 spiro atoms. The molecule has 19 heavy (non-hydrogen) atoms. The molecule has 0 saturated carbocycles. The Morgan fingerprint density at radius 3 is 2.84 bits per heavy atom. The molecule has 2 N–H and O–H groups in total. The molecule has 1 saturated heterocycles. The molecule has 1 aliphatic rings. The molecule has 3 nitrogen and oxygen atoms in total. The first-order valence-electron chi connectivity index (χ1n) is 6.99. The Morgan fingerprint density at radius 2 is 2.16 bits per heavy atom. The number of anilines is 1. The van der Waals surface area contributed by atoms with E-state index in [4.69, 9.17) is 0 Å². The molecule has 0 aliphatic carbocycles. The quantitative estimate of drug-likeness (QED) is 0.884. The number of aliphatic hydroxyl groups is 2. The van der Waals surface area contributed by atoms with Gasteiger partial charge in [-0.2, -0.15) is 0 Å². The molecule has 1 aromatic rings. The van der Waals surface area contributed by atoms with E-state index in [0.717, 1.165) is 32.2 Å². The largest absolute Gasteiger partial charge is 0.394 e. The van der Waals surface area contributed by atoms with Gasteiger partial charge in [-0.25, -0.2) is 4.39 Å². The van der Waals surface area contributed by atoms with Crippen LogP contribution >= 0.6 is 0 Å². The summed E-state index contributed by atoms with van der Waals surface area (Å²) in [4.78, 5) is 1.93. The maximum atomic E-state index is 14.2. The van der Waals surface area contributed by atoms with Crippen molar-refractivity contribution in [3.05, 3.63) is 29.6 Å². The van der Waals surface area contributed by atoms with E-state index in [9.17, 15) is 14.6 Å². The van der Waals surface area contributed by atoms with Crippen molar-refractivity contribution in [1.82, 2.24) is 0 Å². The first-order chi connectivity index (χ1) is 9.15. The minimum Gasteiger partial charge on any atom is -0.394 e. The van der Waals surface area contributed by atoms with Crippen LogP contribution in [-0.2, 0) is 0 Å². The highest BCUT2D eigenvalue weighted by Crippen LogP contribution is 2.33. The van der Waals surface area contributed by atoms with E-state index in [-0.39, 0.29) is 18.5 Å². The van der Waals surface area contributed by atoms with Crippen molar-refractivity contribution in [2.75, 3.05) is 18.1 Å². The summed E-state index contributed by atoms with van der Waals surface area (Å²) in [5.74, 6) is -0.321. The van der Waals surface area contributed by atoms with Crippen molar-refractivity contribution in [1.29, 1.82) is 0 Å². The van der Waals surface area contributed by atoms with Crippen LogP contribution in [0.1, 0.15) is 44.3 Å². The number of hydrogen-bond donors (Lipinski definition) is 2. The number of para-hydroxylation sites is 1. The van der Waals surface area contributed by atoms with Crippen molar-refractivity contribution in [2.45, 2.75) is 44.8 Å². The van der Waals surface area contributed by atoms with E-state index in [1.165, 1.54) is 6.07 Å². The molecular weight excluding hydrogens is 245 g/mol. The third-order valence-electron chi connectivity index (χ3n) is 3.84. The average Bonchev–Trinajstić information content (AvgIpc) is 2.63. The highest BCUT2D eigenvalue weighted by molar-refractivity contribution is 5.56. The summed E-state index contributed by atoms with van der Waals surface area (Å²) in [6.45, 7) is 2.39. The minimum atomic E-state index is -0.715. The highest BCUT2D eigenvalue weighted by atomic mass is 19.1. The molecule has 0 aromatic heterocycles. The Kier molecular flexibility index (Phi) is 4.77. The molecule has 1 heterocycles. The Labute approximate surface area is 113 Å². The molecule has 106 valence electrons. The van der Waals surface area contributed by atoms with E-state index in [1.807, 2.05) is 4.90 Å². The highest BCUT2D eigenvalue weighted by Gasteiger charge is 2.26. The Morgan fingerprint density at radius 1 is 1.37 bits per heavy atom. The number of hydrogen-bond acceptors (Lipinski definition) is 3. The normalized spacial score (nSPS) is 22.1. The summed E-state index contributed by atoms with van der Waals surface area (Å²) in [6, 6.07) is 4.73. The Hall–Kier alpha value is -1.13. The van der Waals surface area contributed by atoms with Gasteiger partial charge >= 0.3 is 0 Å². The second-order valence-corrected chi connectivity index (χ2v) is 5.23. The number of nitrogens with zero attached hydrogens (tertiary/aromatic N) is 1. The smallest absolute Gasteiger partial charge is 0.146 e. The van der Waals surface area contributed by atoms with Gasteiger partial charge in [0.2, 0.25) is 0 Å². The number of halogens is 1. The zero-order valence-electron chi connectivity index (χ0n) is 11.3. The van der Waals surface area contributed by atoms with Gasteiger partial charge in [-0.05, 0) is 25.8 Å². The second kappa shape index (κ2) is 6.35. The molecule has 0 amide bonds. The van der Waals surface area contributed by atoms with Gasteiger partial charge in [0.05, 0.1) is 24.4 Å². The van der Waals surface area contributed by atoms with Gasteiger partial charge in [0.25, 0.3) is 0 Å². The maximum Gasteiger partial charge on any atom is 0.146 e. The molecule has 0 radical (unpaired) electrons. The average molecular weight is 267 g/mol. The standard InChI is InChI=1S/C15H22FNO2/c1-11(19)13-7-5-8-14(16)15(13)17-9-4-2-3-6-12(17)10-18/h5,7-8,11-12,18-19H,2-4,6,9-10H2,1H3. The molecule has 4 heteroatoms. The third kappa shape index (κ3) is 3.07. The number of benzene rings is 1. The number of rotatable bonds is 3. The van der Waals surface area contributed by atoms with E-state index >= 15 is 0 Å². The molecule has 2 atom stereocenters. The molecular formula is C15H22FNO2. The van der Waals surface area contributed by atoms with Crippen LogP contribution in [0.2, 0.25) is 0 Å². The van der Waals surface area contributed by atoms with Gasteiger partial charge in [0.15, 0.2) is 0 Å². The Bertz CT molecular complexity index is 423. The van der Waals surface area contributed by atoms with Gasteiger partial charge in [0, 0.05) is 12.1 Å². The van der Waals surface area contributed by atoms with Crippen LogP contribution in [0.3, 0.4) is 0 Å². The summed E-state index contributed by atoms with van der Waals surface area (Å²) in [5.41, 5.74) is 1.05. The fraction of sp³-hybridized carbons (Fsp3) is 0.600. The minimum absolute atomic E-state index is 0.0214. The van der Waals surface area contributed by atoms with E-state index < -0.39 is 6.10 Å². The Balaban J connectivity index is 2.42. The van der Waals surface area contributed by atoms with E-state index in [2.05, 4.69) is 0 Å². The molecule has 1 aromatic carbocycles. The SMILES string of the molecule is CC(O)c1cccc(F)c1N1CCCCCC1CO. The van der Waals surface area contributed by atoms with Gasteiger partial charge < -0.3 is 15.1 Å².